The van der Waals surface area contributed by atoms with Gasteiger partial charge in [0.15, 0.2) is 11.5 Å². The summed E-state index contributed by atoms with van der Waals surface area (Å²) in [6.07, 6.45) is 1.85. The number of phenolic OH excluding ortho intramolecular Hbond substituents is 1. The van der Waals surface area contributed by atoms with E-state index in [1.807, 2.05) is 20.8 Å². The summed E-state index contributed by atoms with van der Waals surface area (Å²) in [6.45, 7) is 7.12. The molecule has 1 aromatic heterocycles. The zero-order valence-electron chi connectivity index (χ0n) is 18.6. The van der Waals surface area contributed by atoms with Crippen molar-refractivity contribution in [2.24, 2.45) is 11.3 Å². The van der Waals surface area contributed by atoms with E-state index < -0.39 is 29.3 Å². The van der Waals surface area contributed by atoms with Gasteiger partial charge >= 0.3 is 0 Å². The van der Waals surface area contributed by atoms with Crippen molar-refractivity contribution >= 4 is 29.2 Å². The van der Waals surface area contributed by atoms with Gasteiger partial charge in [0.2, 0.25) is 5.91 Å². The zero-order valence-corrected chi connectivity index (χ0v) is 19.3. The first-order valence-electron chi connectivity index (χ1n) is 10.5. The van der Waals surface area contributed by atoms with Crippen LogP contribution < -0.4 is 10.6 Å². The van der Waals surface area contributed by atoms with E-state index in [1.165, 1.54) is 18.2 Å². The fourth-order valence-electron chi connectivity index (χ4n) is 3.38. The Labute approximate surface area is 191 Å². The summed E-state index contributed by atoms with van der Waals surface area (Å²) in [7, 11) is 0. The average molecular weight is 462 g/mol. The third-order valence-electron chi connectivity index (χ3n) is 5.35. The minimum atomic E-state index is -0.992. The number of hydrogen-bond acceptors (Lipinski definition) is 6. The molecule has 8 nitrogen and oxygen atoms in total. The highest BCUT2D eigenvalue weighted by atomic mass is 35.5. The molecular weight excluding hydrogens is 434 g/mol. The monoisotopic (exact) mass is 461 g/mol. The maximum atomic E-state index is 13.2. The molecule has 2 atom stereocenters. The standard InChI is InChI=1S/C23H28ClN3O5/c1-12-9-17(27-32-12)22(31)25-16(11-13-5-8-18(28)15(24)10-13)21(30)26-19(14-6-7-14)20(29)23(2,3)4/h5,8-10,14,16,19,28H,6-7,11H2,1-4H3,(H,25,31)(H,26,30)/t16?,19-/m0/s1. The molecule has 1 heterocycles. The molecule has 0 spiro atoms. The number of nitrogens with one attached hydrogen (secondary N) is 2. The van der Waals surface area contributed by atoms with Gasteiger partial charge in [0.1, 0.15) is 17.6 Å². The van der Waals surface area contributed by atoms with Crippen molar-refractivity contribution in [3.63, 3.8) is 0 Å². The van der Waals surface area contributed by atoms with Crippen molar-refractivity contribution in [2.75, 3.05) is 0 Å². The molecule has 0 aliphatic heterocycles. The maximum Gasteiger partial charge on any atom is 0.274 e. The van der Waals surface area contributed by atoms with Crippen LogP contribution in [0, 0.1) is 18.3 Å². The number of ketones is 1. The third kappa shape index (κ3) is 5.88. The number of benzene rings is 1. The van der Waals surface area contributed by atoms with Gasteiger partial charge in [0.05, 0.1) is 11.1 Å². The number of nitrogens with zero attached hydrogens (tertiary/aromatic N) is 1. The number of phenols is 1. The molecule has 32 heavy (non-hydrogen) atoms. The van der Waals surface area contributed by atoms with E-state index in [9.17, 15) is 19.5 Å². The van der Waals surface area contributed by atoms with Gasteiger partial charge in [0.25, 0.3) is 5.91 Å². The van der Waals surface area contributed by atoms with Gasteiger partial charge in [-0.1, -0.05) is 43.6 Å². The number of carbonyl (C=O) groups is 3. The predicted octanol–water partition coefficient (Wildman–Crippen LogP) is 3.19. The van der Waals surface area contributed by atoms with E-state index in [1.54, 1.807) is 13.0 Å². The SMILES string of the molecule is Cc1cc(C(=O)NC(Cc2ccc(O)c(Cl)c2)C(=O)N[C@H](C(=O)C(C)(C)C)C2CC2)no1. The lowest BCUT2D eigenvalue weighted by Gasteiger charge is -2.27. The topological polar surface area (TPSA) is 122 Å². The van der Waals surface area contributed by atoms with Crippen LogP contribution in [-0.4, -0.2) is 39.9 Å². The minimum Gasteiger partial charge on any atom is -0.506 e. The second-order valence-electron chi connectivity index (χ2n) is 9.28. The molecule has 3 rings (SSSR count). The third-order valence-corrected chi connectivity index (χ3v) is 5.65. The molecule has 1 fully saturated rings. The number of aromatic hydroxyl groups is 1. The molecule has 0 bridgehead atoms. The van der Waals surface area contributed by atoms with Crippen LogP contribution in [0.3, 0.4) is 0 Å². The molecule has 0 saturated heterocycles. The van der Waals surface area contributed by atoms with E-state index >= 15 is 0 Å². The maximum absolute atomic E-state index is 13.2. The molecular formula is C23H28ClN3O5. The molecule has 2 aromatic rings. The lowest BCUT2D eigenvalue weighted by Crippen LogP contribution is -2.54. The molecule has 1 unspecified atom stereocenters. The van der Waals surface area contributed by atoms with E-state index in [0.717, 1.165) is 12.8 Å². The van der Waals surface area contributed by atoms with Crippen molar-refractivity contribution in [3.8, 4) is 5.75 Å². The zero-order chi connectivity index (χ0) is 23.6. The van der Waals surface area contributed by atoms with Crippen LogP contribution in [-0.2, 0) is 16.0 Å². The summed E-state index contributed by atoms with van der Waals surface area (Å²) >= 11 is 6.00. The van der Waals surface area contributed by atoms with Crippen molar-refractivity contribution in [1.82, 2.24) is 15.8 Å². The van der Waals surface area contributed by atoms with E-state index in [-0.39, 0.29) is 34.6 Å². The first kappa shape index (κ1) is 23.8. The van der Waals surface area contributed by atoms with Gasteiger partial charge in [-0.05, 0) is 43.4 Å². The summed E-state index contributed by atoms with van der Waals surface area (Å²) in [5.74, 6) is -0.607. The van der Waals surface area contributed by atoms with Crippen molar-refractivity contribution in [3.05, 3.63) is 46.3 Å². The smallest absolute Gasteiger partial charge is 0.274 e. The number of halogens is 1. The van der Waals surface area contributed by atoms with Gasteiger partial charge < -0.3 is 20.3 Å². The largest absolute Gasteiger partial charge is 0.506 e. The van der Waals surface area contributed by atoms with Crippen LogP contribution in [0.4, 0.5) is 0 Å². The second kappa shape index (κ2) is 9.32. The summed E-state index contributed by atoms with van der Waals surface area (Å²) in [4.78, 5) is 38.8. The highest BCUT2D eigenvalue weighted by molar-refractivity contribution is 6.32. The number of rotatable bonds is 8. The van der Waals surface area contributed by atoms with Crippen LogP contribution >= 0.6 is 11.6 Å². The Bertz CT molecular complexity index is 1020. The molecule has 2 amide bonds. The van der Waals surface area contributed by atoms with Gasteiger partial charge in [-0.25, -0.2) is 0 Å². The molecule has 172 valence electrons. The Balaban J connectivity index is 1.82. The Morgan fingerprint density at radius 1 is 1.22 bits per heavy atom. The van der Waals surface area contributed by atoms with Crippen LogP contribution in [0.15, 0.2) is 28.8 Å². The van der Waals surface area contributed by atoms with Crippen LogP contribution in [0.5, 0.6) is 5.75 Å². The Morgan fingerprint density at radius 2 is 1.91 bits per heavy atom. The van der Waals surface area contributed by atoms with E-state index in [4.69, 9.17) is 16.1 Å². The van der Waals surface area contributed by atoms with Gasteiger partial charge in [-0.3, -0.25) is 14.4 Å². The normalized spacial score (nSPS) is 15.7. The highest BCUT2D eigenvalue weighted by Crippen LogP contribution is 2.36. The molecule has 0 radical (unpaired) electrons. The number of aromatic nitrogens is 1. The quantitative estimate of drug-likeness (QED) is 0.555. The van der Waals surface area contributed by atoms with Gasteiger partial charge in [0, 0.05) is 17.9 Å². The first-order valence-corrected chi connectivity index (χ1v) is 10.9. The number of aryl methyl sites for hydroxylation is 1. The summed E-state index contributed by atoms with van der Waals surface area (Å²) < 4.78 is 4.95. The molecule has 1 aliphatic rings. The van der Waals surface area contributed by atoms with Crippen LogP contribution in [0.25, 0.3) is 0 Å². The number of amides is 2. The fraction of sp³-hybridized carbons (Fsp3) is 0.478. The Kier molecular flexibility index (Phi) is 6.93. The molecule has 1 saturated carbocycles. The summed E-state index contributed by atoms with van der Waals surface area (Å²) in [5.41, 5.74) is 0.0744. The lowest BCUT2D eigenvalue weighted by molar-refractivity contribution is -0.133. The van der Waals surface area contributed by atoms with Crippen LogP contribution in [0.1, 0.15) is 55.4 Å². The summed E-state index contributed by atoms with van der Waals surface area (Å²) in [5, 5.41) is 19.0. The van der Waals surface area contributed by atoms with E-state index in [2.05, 4.69) is 15.8 Å². The van der Waals surface area contributed by atoms with Gasteiger partial charge in [-0.2, -0.15) is 0 Å². The number of Topliss-reactive ketones (excluding diaryl/α,β-unsaturated/α-hetero) is 1. The minimum absolute atomic E-state index is 0.0433. The van der Waals surface area contributed by atoms with Crippen molar-refractivity contribution in [2.45, 2.75) is 59.0 Å². The van der Waals surface area contributed by atoms with Crippen molar-refractivity contribution < 1.29 is 24.0 Å². The molecule has 9 heteroatoms. The average Bonchev–Trinajstić information content (AvgIpc) is 3.46. The van der Waals surface area contributed by atoms with Gasteiger partial charge in [-0.15, -0.1) is 0 Å². The Morgan fingerprint density at radius 3 is 2.44 bits per heavy atom. The fourth-order valence-corrected chi connectivity index (χ4v) is 3.58. The molecule has 1 aliphatic carbocycles. The number of hydrogen-bond donors (Lipinski definition) is 3. The lowest BCUT2D eigenvalue weighted by atomic mass is 9.84. The number of carbonyl (C=O) groups excluding carboxylic acids is 3. The molecule has 3 N–H and O–H groups in total. The first-order chi connectivity index (χ1) is 15.0. The second-order valence-corrected chi connectivity index (χ2v) is 9.68. The highest BCUT2D eigenvalue weighted by Gasteiger charge is 2.42. The van der Waals surface area contributed by atoms with Crippen molar-refractivity contribution in [1.29, 1.82) is 0 Å². The molecule has 1 aromatic carbocycles. The summed E-state index contributed by atoms with van der Waals surface area (Å²) in [6, 6.07) is 4.44. The predicted molar refractivity (Wildman–Crippen MR) is 118 cm³/mol. The van der Waals surface area contributed by atoms with Crippen LogP contribution in [0.2, 0.25) is 5.02 Å². The Hall–Kier alpha value is -2.87. The van der Waals surface area contributed by atoms with E-state index in [0.29, 0.717) is 11.3 Å².